The van der Waals surface area contributed by atoms with Gasteiger partial charge in [0.1, 0.15) is 6.61 Å². The first kappa shape index (κ1) is 11.1. The smallest absolute Gasteiger partial charge is 0.411 e. The van der Waals surface area contributed by atoms with Gasteiger partial charge in [-0.2, -0.15) is 13.2 Å². The second kappa shape index (κ2) is 4.04. The van der Waals surface area contributed by atoms with E-state index in [1.165, 1.54) is 0 Å². The van der Waals surface area contributed by atoms with Crippen molar-refractivity contribution in [2.75, 3.05) is 19.7 Å². The Kier molecular flexibility index (Phi) is 3.20. The molecular weight excluding hydrogens is 203 g/mol. The molecule has 1 heterocycles. The van der Waals surface area contributed by atoms with E-state index in [1.807, 2.05) is 0 Å². The summed E-state index contributed by atoms with van der Waals surface area (Å²) in [7, 11) is 0. The standard InChI is InChI=1S/C7H10F3NO3/c8-7(9,10)4-14-5-1-2-11(3-5)6(12)13/h5H,1-4H2,(H,12,13)/t5-/m0/s1. The van der Waals surface area contributed by atoms with E-state index in [0.717, 1.165) is 4.90 Å². The molecule has 0 aromatic heterocycles. The number of alkyl halides is 3. The van der Waals surface area contributed by atoms with Crippen molar-refractivity contribution in [1.29, 1.82) is 0 Å². The Balaban J connectivity index is 2.26. The van der Waals surface area contributed by atoms with Crippen LogP contribution >= 0.6 is 0 Å². The topological polar surface area (TPSA) is 49.8 Å². The summed E-state index contributed by atoms with van der Waals surface area (Å²) in [5.74, 6) is 0. The summed E-state index contributed by atoms with van der Waals surface area (Å²) in [4.78, 5) is 11.4. The van der Waals surface area contributed by atoms with Crippen LogP contribution in [-0.2, 0) is 4.74 Å². The molecule has 0 saturated carbocycles. The molecule has 0 aromatic carbocycles. The van der Waals surface area contributed by atoms with Gasteiger partial charge in [0.2, 0.25) is 0 Å². The zero-order valence-corrected chi connectivity index (χ0v) is 7.25. The summed E-state index contributed by atoms with van der Waals surface area (Å²) >= 11 is 0. The highest BCUT2D eigenvalue weighted by molar-refractivity contribution is 5.65. The lowest BCUT2D eigenvalue weighted by Crippen LogP contribution is -2.30. The number of ether oxygens (including phenoxy) is 1. The minimum Gasteiger partial charge on any atom is -0.465 e. The van der Waals surface area contributed by atoms with Gasteiger partial charge in [-0.25, -0.2) is 4.79 Å². The SMILES string of the molecule is O=C(O)N1CC[C@H](OCC(F)(F)F)C1. The van der Waals surface area contributed by atoms with Crippen molar-refractivity contribution in [2.24, 2.45) is 0 Å². The first-order valence-electron chi connectivity index (χ1n) is 4.05. The maximum Gasteiger partial charge on any atom is 0.411 e. The van der Waals surface area contributed by atoms with Gasteiger partial charge in [0.15, 0.2) is 0 Å². The zero-order valence-electron chi connectivity index (χ0n) is 7.25. The highest BCUT2D eigenvalue weighted by Gasteiger charge is 2.32. The minimum atomic E-state index is -4.35. The molecule has 14 heavy (non-hydrogen) atoms. The molecular formula is C7H10F3NO3. The fourth-order valence-electron chi connectivity index (χ4n) is 1.25. The number of likely N-dealkylation sites (tertiary alicyclic amines) is 1. The maximum absolute atomic E-state index is 11.7. The average Bonchev–Trinajstić information content (AvgIpc) is 2.47. The molecule has 4 nitrogen and oxygen atoms in total. The van der Waals surface area contributed by atoms with Gasteiger partial charge in [-0.15, -0.1) is 0 Å². The number of nitrogens with zero attached hydrogens (tertiary/aromatic N) is 1. The Morgan fingerprint density at radius 3 is 2.64 bits per heavy atom. The summed E-state index contributed by atoms with van der Waals surface area (Å²) in [6.45, 7) is -1.06. The summed E-state index contributed by atoms with van der Waals surface area (Å²) in [6.07, 6.45) is -5.78. The van der Waals surface area contributed by atoms with E-state index < -0.39 is 25.0 Å². The molecule has 1 atom stereocenters. The fraction of sp³-hybridized carbons (Fsp3) is 0.857. The minimum absolute atomic E-state index is 0.0193. The van der Waals surface area contributed by atoms with Gasteiger partial charge in [0.05, 0.1) is 12.6 Å². The van der Waals surface area contributed by atoms with Crippen molar-refractivity contribution in [1.82, 2.24) is 4.90 Å². The van der Waals surface area contributed by atoms with E-state index in [2.05, 4.69) is 4.74 Å². The van der Waals surface area contributed by atoms with Crippen LogP contribution in [-0.4, -0.2) is 48.1 Å². The Bertz CT molecular complexity index is 219. The molecule has 0 aromatic rings. The van der Waals surface area contributed by atoms with Crippen molar-refractivity contribution < 1.29 is 27.8 Å². The number of halogens is 3. The van der Waals surface area contributed by atoms with Gasteiger partial charge in [0, 0.05) is 6.54 Å². The van der Waals surface area contributed by atoms with Gasteiger partial charge < -0.3 is 14.7 Å². The summed E-state index contributed by atoms with van der Waals surface area (Å²) < 4.78 is 39.6. The molecule has 1 N–H and O–H groups in total. The lowest BCUT2D eigenvalue weighted by atomic mass is 10.3. The normalized spacial score (nSPS) is 22.8. The molecule has 1 saturated heterocycles. The van der Waals surface area contributed by atoms with Crippen LogP contribution in [0.4, 0.5) is 18.0 Å². The highest BCUT2D eigenvalue weighted by atomic mass is 19.4. The van der Waals surface area contributed by atoms with Crippen LogP contribution < -0.4 is 0 Å². The zero-order chi connectivity index (χ0) is 10.8. The quantitative estimate of drug-likeness (QED) is 0.752. The molecule has 1 rings (SSSR count). The van der Waals surface area contributed by atoms with Gasteiger partial charge in [-0.3, -0.25) is 0 Å². The Labute approximate surface area is 78.2 Å². The number of carboxylic acid groups (broad SMARTS) is 1. The second-order valence-corrected chi connectivity index (χ2v) is 3.07. The van der Waals surface area contributed by atoms with Gasteiger partial charge in [-0.1, -0.05) is 0 Å². The third kappa shape index (κ3) is 3.41. The third-order valence-electron chi connectivity index (χ3n) is 1.90. The summed E-state index contributed by atoms with van der Waals surface area (Å²) in [5.41, 5.74) is 0. The van der Waals surface area contributed by atoms with E-state index in [9.17, 15) is 18.0 Å². The van der Waals surface area contributed by atoms with Crippen LogP contribution in [0.3, 0.4) is 0 Å². The van der Waals surface area contributed by atoms with Crippen LogP contribution in [0.25, 0.3) is 0 Å². The van der Waals surface area contributed by atoms with E-state index in [-0.39, 0.29) is 13.1 Å². The van der Waals surface area contributed by atoms with E-state index >= 15 is 0 Å². The fourth-order valence-corrected chi connectivity index (χ4v) is 1.25. The first-order valence-corrected chi connectivity index (χ1v) is 4.05. The number of carbonyl (C=O) groups is 1. The molecule has 82 valence electrons. The lowest BCUT2D eigenvalue weighted by molar-refractivity contribution is -0.183. The largest absolute Gasteiger partial charge is 0.465 e. The second-order valence-electron chi connectivity index (χ2n) is 3.07. The molecule has 0 unspecified atom stereocenters. The van der Waals surface area contributed by atoms with Crippen LogP contribution in [0.2, 0.25) is 0 Å². The number of hydrogen-bond donors (Lipinski definition) is 1. The van der Waals surface area contributed by atoms with Gasteiger partial charge >= 0.3 is 12.3 Å². The Hall–Kier alpha value is -0.980. The molecule has 1 amide bonds. The van der Waals surface area contributed by atoms with Crippen molar-refractivity contribution in [3.8, 4) is 0 Å². The number of amides is 1. The molecule has 0 bridgehead atoms. The highest BCUT2D eigenvalue weighted by Crippen LogP contribution is 2.19. The van der Waals surface area contributed by atoms with E-state index in [1.54, 1.807) is 0 Å². The van der Waals surface area contributed by atoms with Crippen LogP contribution in [0.5, 0.6) is 0 Å². The molecule has 1 fully saturated rings. The van der Waals surface area contributed by atoms with Crippen molar-refractivity contribution in [3.05, 3.63) is 0 Å². The summed E-state index contributed by atoms with van der Waals surface area (Å²) in [6, 6.07) is 0. The molecule has 0 aliphatic carbocycles. The van der Waals surface area contributed by atoms with E-state index in [4.69, 9.17) is 5.11 Å². The number of rotatable bonds is 2. The van der Waals surface area contributed by atoms with Gasteiger partial charge in [-0.05, 0) is 6.42 Å². The summed E-state index contributed by atoms with van der Waals surface area (Å²) in [5, 5.41) is 8.51. The Morgan fingerprint density at radius 2 is 2.21 bits per heavy atom. The predicted molar refractivity (Wildman–Crippen MR) is 40.0 cm³/mol. The van der Waals surface area contributed by atoms with Crippen LogP contribution in [0.1, 0.15) is 6.42 Å². The first-order chi connectivity index (χ1) is 6.38. The third-order valence-corrected chi connectivity index (χ3v) is 1.90. The molecule has 1 aliphatic rings. The molecule has 0 radical (unpaired) electrons. The molecule has 7 heteroatoms. The molecule has 1 aliphatic heterocycles. The van der Waals surface area contributed by atoms with Gasteiger partial charge in [0.25, 0.3) is 0 Å². The molecule has 0 spiro atoms. The van der Waals surface area contributed by atoms with E-state index in [0.29, 0.717) is 6.42 Å². The monoisotopic (exact) mass is 213 g/mol. The van der Waals surface area contributed by atoms with Crippen molar-refractivity contribution >= 4 is 6.09 Å². The predicted octanol–water partition coefficient (Wildman–Crippen LogP) is 1.32. The Morgan fingerprint density at radius 1 is 1.57 bits per heavy atom. The average molecular weight is 213 g/mol. The van der Waals surface area contributed by atoms with Crippen molar-refractivity contribution in [2.45, 2.75) is 18.7 Å². The maximum atomic E-state index is 11.7. The van der Waals surface area contributed by atoms with Crippen molar-refractivity contribution in [3.63, 3.8) is 0 Å². The number of hydrogen-bond acceptors (Lipinski definition) is 2. The lowest BCUT2D eigenvalue weighted by Gasteiger charge is -2.14. The van der Waals surface area contributed by atoms with Crippen LogP contribution in [0, 0.1) is 0 Å². The van der Waals surface area contributed by atoms with Crippen LogP contribution in [0.15, 0.2) is 0 Å².